The Bertz CT molecular complexity index is 980. The molecule has 0 amide bonds. The fourth-order valence-electron chi connectivity index (χ4n) is 7.38. The van der Waals surface area contributed by atoms with E-state index < -0.39 is 75.8 Å². The van der Waals surface area contributed by atoms with Crippen LogP contribution in [0.5, 0.6) is 0 Å². The van der Waals surface area contributed by atoms with Gasteiger partial charge >= 0.3 is 5.97 Å². The lowest BCUT2D eigenvalue weighted by Crippen LogP contribution is -2.73. The zero-order valence-corrected chi connectivity index (χ0v) is 19.8. The van der Waals surface area contributed by atoms with Crippen LogP contribution in [0.4, 0.5) is 4.39 Å². The van der Waals surface area contributed by atoms with Crippen molar-refractivity contribution in [3.63, 3.8) is 0 Å². The minimum Gasteiger partial charge on any atom is -0.458 e. The number of fused-ring (bicyclic) bond motifs is 5. The minimum absolute atomic E-state index is 0.159. The van der Waals surface area contributed by atoms with E-state index in [0.29, 0.717) is 0 Å². The summed E-state index contributed by atoms with van der Waals surface area (Å²) in [4.78, 5) is 34.6. The van der Waals surface area contributed by atoms with Crippen LogP contribution >= 0.6 is 11.6 Å². The van der Waals surface area contributed by atoms with E-state index in [0.717, 1.165) is 6.92 Å². The predicted molar refractivity (Wildman–Crippen MR) is 116 cm³/mol. The monoisotopic (exact) mass is 484 g/mol. The number of Topliss-reactive ketones (excluding diaryl/α,β-unsaturated/α-hetero) is 1. The number of esters is 1. The summed E-state index contributed by atoms with van der Waals surface area (Å²) < 4.78 is 21.1. The van der Waals surface area contributed by atoms with Gasteiger partial charge in [-0.1, -0.05) is 26.8 Å². The van der Waals surface area contributed by atoms with Crippen molar-refractivity contribution < 1.29 is 38.8 Å². The smallest absolute Gasteiger partial charge is 0.303 e. The number of rotatable bonds is 3. The lowest BCUT2D eigenvalue weighted by atomic mass is 9.44. The molecule has 4 aliphatic carbocycles. The van der Waals surface area contributed by atoms with E-state index in [9.17, 15) is 29.7 Å². The first-order valence-electron chi connectivity index (χ1n) is 11.2. The standard InChI is InChI=1S/C24H30ClFO7/c1-11-7-14-18-20(31)19(30)15-8-13(28)5-6-21(15,3)23(18,25)16(26)9-22(14,4)24(11,32)17(29)10-33-12(2)27/h5-6,8,11,14,16,18-20,30-32H,7,9-10H2,1-4H3/t11?,14-,16?,18+,19?,20?,21-,22-,23+,24-/m0/s1. The van der Waals surface area contributed by atoms with Crippen molar-refractivity contribution in [3.05, 3.63) is 23.8 Å². The first kappa shape index (κ1) is 24.5. The second-order valence-electron chi connectivity index (χ2n) is 10.6. The summed E-state index contributed by atoms with van der Waals surface area (Å²) in [6, 6.07) is 0. The van der Waals surface area contributed by atoms with Crippen molar-refractivity contribution in [3.8, 4) is 0 Å². The number of ether oxygens (including phenoxy) is 1. The van der Waals surface area contributed by atoms with Gasteiger partial charge in [0.05, 0.1) is 11.0 Å². The van der Waals surface area contributed by atoms with Gasteiger partial charge in [0.1, 0.15) is 17.9 Å². The molecule has 4 rings (SSSR count). The van der Waals surface area contributed by atoms with E-state index in [4.69, 9.17) is 16.3 Å². The van der Waals surface area contributed by atoms with Gasteiger partial charge in [0, 0.05) is 23.7 Å². The average molecular weight is 485 g/mol. The largest absolute Gasteiger partial charge is 0.458 e. The van der Waals surface area contributed by atoms with Crippen molar-refractivity contribution in [1.29, 1.82) is 0 Å². The predicted octanol–water partition coefficient (Wildman–Crippen LogP) is 1.65. The Morgan fingerprint density at radius 1 is 1.30 bits per heavy atom. The molecular weight excluding hydrogens is 455 g/mol. The van der Waals surface area contributed by atoms with Crippen LogP contribution in [-0.4, -0.2) is 68.3 Å². The zero-order chi connectivity index (χ0) is 24.7. The van der Waals surface area contributed by atoms with Crippen LogP contribution in [0.25, 0.3) is 0 Å². The normalized spacial score (nSPS) is 50.7. The quantitative estimate of drug-likeness (QED) is 0.411. The van der Waals surface area contributed by atoms with Crippen molar-refractivity contribution >= 4 is 29.1 Å². The highest BCUT2D eigenvalue weighted by atomic mass is 35.5. The number of carbonyl (C=O) groups is 3. The van der Waals surface area contributed by atoms with E-state index in [1.54, 1.807) is 20.8 Å². The second kappa shape index (κ2) is 7.44. The molecular formula is C24H30ClFO7. The number of carbonyl (C=O) groups excluding carboxylic acids is 3. The minimum atomic E-state index is -2.02. The first-order valence-corrected chi connectivity index (χ1v) is 11.6. The lowest BCUT2D eigenvalue weighted by molar-refractivity contribution is -0.191. The van der Waals surface area contributed by atoms with Crippen LogP contribution in [0.3, 0.4) is 0 Å². The molecule has 9 heteroatoms. The van der Waals surface area contributed by atoms with Crippen LogP contribution in [0, 0.1) is 28.6 Å². The number of halogens is 2. The van der Waals surface area contributed by atoms with E-state index in [2.05, 4.69) is 0 Å². The molecule has 0 heterocycles. The fraction of sp³-hybridized carbons (Fsp3) is 0.708. The van der Waals surface area contributed by atoms with E-state index >= 15 is 4.39 Å². The molecule has 0 spiro atoms. The second-order valence-corrected chi connectivity index (χ2v) is 11.2. The Morgan fingerprint density at radius 2 is 1.94 bits per heavy atom. The maximum absolute atomic E-state index is 16.3. The Morgan fingerprint density at radius 3 is 2.55 bits per heavy atom. The van der Waals surface area contributed by atoms with Crippen LogP contribution in [0.1, 0.15) is 40.5 Å². The van der Waals surface area contributed by atoms with Gasteiger partial charge in [-0.05, 0) is 42.4 Å². The number of aliphatic hydroxyl groups is 3. The maximum atomic E-state index is 16.3. The molecule has 10 atom stereocenters. The Kier molecular flexibility index (Phi) is 5.53. The highest BCUT2D eigenvalue weighted by Crippen LogP contribution is 2.71. The van der Waals surface area contributed by atoms with Gasteiger partial charge in [0.15, 0.2) is 12.4 Å². The summed E-state index contributed by atoms with van der Waals surface area (Å²) >= 11 is 7.12. The van der Waals surface area contributed by atoms with Crippen molar-refractivity contribution in [2.45, 2.75) is 69.4 Å². The molecule has 7 nitrogen and oxygen atoms in total. The number of hydrogen-bond donors (Lipinski definition) is 3. The summed E-state index contributed by atoms with van der Waals surface area (Å²) in [5.74, 6) is -4.09. The van der Waals surface area contributed by atoms with Gasteiger partial charge in [0.25, 0.3) is 0 Å². The highest BCUT2D eigenvalue weighted by molar-refractivity contribution is 6.26. The highest BCUT2D eigenvalue weighted by Gasteiger charge is 2.77. The number of allylic oxidation sites excluding steroid dienone is 3. The molecule has 0 radical (unpaired) electrons. The Hall–Kier alpha value is -1.61. The third kappa shape index (κ3) is 2.87. The third-order valence-electron chi connectivity index (χ3n) is 9.10. The van der Waals surface area contributed by atoms with Gasteiger partial charge in [-0.3, -0.25) is 14.4 Å². The molecule has 0 aromatic rings. The van der Waals surface area contributed by atoms with Crippen LogP contribution in [0.2, 0.25) is 0 Å². The molecule has 3 N–H and O–H groups in total. The summed E-state index contributed by atoms with van der Waals surface area (Å²) in [5.41, 5.74) is -4.46. The van der Waals surface area contributed by atoms with Gasteiger partial charge in [-0.25, -0.2) is 4.39 Å². The molecule has 4 unspecified atom stereocenters. The summed E-state index contributed by atoms with van der Waals surface area (Å²) in [7, 11) is 0. The topological polar surface area (TPSA) is 121 Å². The molecule has 3 saturated carbocycles. The van der Waals surface area contributed by atoms with E-state index in [1.807, 2.05) is 0 Å². The molecule has 0 bridgehead atoms. The van der Waals surface area contributed by atoms with Gasteiger partial charge in [0.2, 0.25) is 5.78 Å². The SMILES string of the molecule is CC(=O)OCC(=O)[C@@]1(O)C(C)C[C@H]2[C@@H]3C(O)C(O)C4=CC(=O)C=C[C@]4(C)[C@@]3(Cl)C(F)C[C@@]21C. The molecule has 4 aliphatic rings. The van der Waals surface area contributed by atoms with E-state index in [-0.39, 0.29) is 24.2 Å². The molecule has 0 aliphatic heterocycles. The molecule has 3 fully saturated rings. The van der Waals surface area contributed by atoms with Crippen LogP contribution in [-0.2, 0) is 19.1 Å². The average Bonchev–Trinajstić information content (AvgIpc) is 2.93. The number of hydrogen-bond acceptors (Lipinski definition) is 7. The van der Waals surface area contributed by atoms with Crippen LogP contribution in [0.15, 0.2) is 23.8 Å². The number of aliphatic hydroxyl groups excluding tert-OH is 2. The van der Waals surface area contributed by atoms with Crippen molar-refractivity contribution in [2.75, 3.05) is 6.61 Å². The molecule has 0 saturated heterocycles. The van der Waals surface area contributed by atoms with Crippen molar-refractivity contribution in [2.24, 2.45) is 28.6 Å². The summed E-state index contributed by atoms with van der Waals surface area (Å²) in [6.45, 7) is 5.41. The number of ketones is 2. The molecule has 0 aromatic carbocycles. The number of alkyl halides is 2. The third-order valence-corrected chi connectivity index (χ3v) is 9.98. The maximum Gasteiger partial charge on any atom is 0.303 e. The molecule has 33 heavy (non-hydrogen) atoms. The zero-order valence-electron chi connectivity index (χ0n) is 19.0. The van der Waals surface area contributed by atoms with Gasteiger partial charge < -0.3 is 20.1 Å². The first-order chi connectivity index (χ1) is 15.2. The van der Waals surface area contributed by atoms with Gasteiger partial charge in [-0.15, -0.1) is 11.6 Å². The van der Waals surface area contributed by atoms with Crippen molar-refractivity contribution in [1.82, 2.24) is 0 Å². The summed E-state index contributed by atoms with van der Waals surface area (Å²) in [5, 5.41) is 33.9. The Balaban J connectivity index is 1.84. The lowest BCUT2D eigenvalue weighted by Gasteiger charge is -2.65. The molecule has 0 aromatic heterocycles. The fourth-order valence-corrected chi connectivity index (χ4v) is 7.91. The Labute approximate surface area is 196 Å². The summed E-state index contributed by atoms with van der Waals surface area (Å²) in [6.07, 6.45) is -0.831. The van der Waals surface area contributed by atoms with E-state index in [1.165, 1.54) is 18.2 Å². The van der Waals surface area contributed by atoms with Gasteiger partial charge in [-0.2, -0.15) is 0 Å². The molecule has 182 valence electrons. The van der Waals surface area contributed by atoms with Crippen LogP contribution < -0.4 is 0 Å².